The van der Waals surface area contributed by atoms with Crippen LogP contribution in [-0.4, -0.2) is 61.8 Å². The van der Waals surface area contributed by atoms with Crippen LogP contribution in [0.15, 0.2) is 42.6 Å². The molecule has 0 bridgehead atoms. The number of nitrogens with zero attached hydrogens (tertiary/aromatic N) is 3. The lowest BCUT2D eigenvalue weighted by Gasteiger charge is -2.34. The van der Waals surface area contributed by atoms with Crippen molar-refractivity contribution in [2.24, 2.45) is 0 Å². The van der Waals surface area contributed by atoms with Crippen LogP contribution in [0.3, 0.4) is 0 Å². The minimum Gasteiger partial charge on any atom is -0.497 e. The molecule has 8 heteroatoms. The fraction of sp³-hybridized carbons (Fsp3) is 0.350. The van der Waals surface area contributed by atoms with Crippen LogP contribution in [0.4, 0.5) is 16.3 Å². The number of rotatable bonds is 5. The Morgan fingerprint density at radius 3 is 2.46 bits per heavy atom. The van der Waals surface area contributed by atoms with Crippen molar-refractivity contribution >= 4 is 23.5 Å². The first kappa shape index (κ1) is 19.5. The Labute approximate surface area is 164 Å². The maximum atomic E-state index is 12.6. The minimum atomic E-state index is -0.289. The average molecular weight is 384 g/mol. The van der Waals surface area contributed by atoms with E-state index >= 15 is 0 Å². The molecule has 28 heavy (non-hydrogen) atoms. The second kappa shape index (κ2) is 9.07. The molecule has 0 saturated carbocycles. The quantitative estimate of drug-likeness (QED) is 0.853. The molecule has 2 heterocycles. The largest absolute Gasteiger partial charge is 0.497 e. The van der Waals surface area contributed by atoms with E-state index in [4.69, 9.17) is 9.47 Å². The van der Waals surface area contributed by atoms with Crippen LogP contribution in [0.25, 0.3) is 0 Å². The van der Waals surface area contributed by atoms with Crippen LogP contribution < -0.4 is 15.0 Å². The molecule has 0 unspecified atom stereocenters. The van der Waals surface area contributed by atoms with Gasteiger partial charge in [-0.05, 0) is 43.3 Å². The molecule has 0 spiro atoms. The zero-order chi connectivity index (χ0) is 19.9. The second-order valence-electron chi connectivity index (χ2n) is 6.26. The van der Waals surface area contributed by atoms with Crippen LogP contribution in [0.5, 0.6) is 5.75 Å². The normalized spacial score (nSPS) is 13.8. The maximum absolute atomic E-state index is 12.6. The summed E-state index contributed by atoms with van der Waals surface area (Å²) in [7, 11) is 1.60. The molecule has 1 aliphatic rings. The summed E-state index contributed by atoms with van der Waals surface area (Å²) >= 11 is 0. The summed E-state index contributed by atoms with van der Waals surface area (Å²) in [4.78, 5) is 32.5. The predicted molar refractivity (Wildman–Crippen MR) is 106 cm³/mol. The standard InChI is InChI=1S/C20H24N4O4/c1-3-28-20(26)24-12-10-23(11-13-24)18-14-15(8-9-21-18)19(25)22-16-4-6-17(27-2)7-5-16/h4-9,14H,3,10-13H2,1-2H3,(H,22,25). The van der Waals surface area contributed by atoms with Crippen molar-refractivity contribution < 1.29 is 19.1 Å². The molecule has 0 aliphatic carbocycles. The summed E-state index contributed by atoms with van der Waals surface area (Å²) in [5, 5.41) is 2.87. The Morgan fingerprint density at radius 2 is 1.82 bits per heavy atom. The number of ether oxygens (including phenoxy) is 2. The molecule has 0 atom stereocenters. The van der Waals surface area contributed by atoms with Gasteiger partial charge in [0.05, 0.1) is 13.7 Å². The zero-order valence-electron chi connectivity index (χ0n) is 16.1. The van der Waals surface area contributed by atoms with Crippen LogP contribution in [0.1, 0.15) is 17.3 Å². The third kappa shape index (κ3) is 4.70. The van der Waals surface area contributed by atoms with E-state index in [0.717, 1.165) is 5.75 Å². The Hall–Kier alpha value is -3.29. The van der Waals surface area contributed by atoms with Gasteiger partial charge in [0, 0.05) is 43.6 Å². The van der Waals surface area contributed by atoms with E-state index in [9.17, 15) is 9.59 Å². The molecule has 1 aromatic heterocycles. The molecule has 3 rings (SSSR count). The van der Waals surface area contributed by atoms with E-state index in [1.807, 2.05) is 0 Å². The van der Waals surface area contributed by atoms with Gasteiger partial charge in [0.2, 0.25) is 0 Å². The van der Waals surface area contributed by atoms with Crippen molar-refractivity contribution in [3.63, 3.8) is 0 Å². The molecule has 2 aromatic rings. The van der Waals surface area contributed by atoms with Gasteiger partial charge in [-0.1, -0.05) is 0 Å². The monoisotopic (exact) mass is 384 g/mol. The number of aromatic nitrogens is 1. The number of carbonyl (C=O) groups is 2. The van der Waals surface area contributed by atoms with E-state index in [-0.39, 0.29) is 12.0 Å². The zero-order valence-corrected chi connectivity index (χ0v) is 16.1. The summed E-state index contributed by atoms with van der Waals surface area (Å²) in [6, 6.07) is 10.6. The lowest BCUT2D eigenvalue weighted by Crippen LogP contribution is -2.49. The Kier molecular flexibility index (Phi) is 6.31. The average Bonchev–Trinajstić information content (AvgIpc) is 2.74. The number of methoxy groups -OCH3 is 1. The fourth-order valence-electron chi connectivity index (χ4n) is 2.94. The fourth-order valence-corrected chi connectivity index (χ4v) is 2.94. The molecular formula is C20H24N4O4. The third-order valence-corrected chi connectivity index (χ3v) is 4.49. The lowest BCUT2D eigenvalue weighted by atomic mass is 10.2. The van der Waals surface area contributed by atoms with Crippen molar-refractivity contribution in [1.29, 1.82) is 0 Å². The number of pyridine rings is 1. The van der Waals surface area contributed by atoms with E-state index < -0.39 is 0 Å². The highest BCUT2D eigenvalue weighted by molar-refractivity contribution is 6.04. The first-order chi connectivity index (χ1) is 13.6. The van der Waals surface area contributed by atoms with Gasteiger partial charge in [0.25, 0.3) is 5.91 Å². The van der Waals surface area contributed by atoms with Crippen LogP contribution in [-0.2, 0) is 4.74 Å². The van der Waals surface area contributed by atoms with Crippen molar-refractivity contribution in [2.75, 3.05) is 50.1 Å². The van der Waals surface area contributed by atoms with Crippen molar-refractivity contribution in [2.45, 2.75) is 6.92 Å². The topological polar surface area (TPSA) is 84.0 Å². The van der Waals surface area contributed by atoms with Gasteiger partial charge < -0.3 is 24.6 Å². The Balaban J connectivity index is 1.62. The molecule has 1 aromatic carbocycles. The van der Waals surface area contributed by atoms with Crippen LogP contribution in [0, 0.1) is 0 Å². The Morgan fingerprint density at radius 1 is 1.11 bits per heavy atom. The van der Waals surface area contributed by atoms with Crippen LogP contribution >= 0.6 is 0 Å². The molecule has 1 saturated heterocycles. The molecule has 1 N–H and O–H groups in total. The summed E-state index contributed by atoms with van der Waals surface area (Å²) in [6.45, 7) is 4.54. The van der Waals surface area contributed by atoms with Crippen LogP contribution in [0.2, 0.25) is 0 Å². The van der Waals surface area contributed by atoms with Gasteiger partial charge >= 0.3 is 6.09 Å². The molecule has 8 nitrogen and oxygen atoms in total. The number of carbonyl (C=O) groups excluding carboxylic acids is 2. The number of hydrogen-bond donors (Lipinski definition) is 1. The molecule has 1 aliphatic heterocycles. The summed E-state index contributed by atoms with van der Waals surface area (Å²) in [5.41, 5.74) is 1.21. The molecule has 148 valence electrons. The second-order valence-corrected chi connectivity index (χ2v) is 6.26. The number of piperazine rings is 1. The van der Waals surface area contributed by atoms with Gasteiger partial charge in [-0.2, -0.15) is 0 Å². The summed E-state index contributed by atoms with van der Waals surface area (Å²) < 4.78 is 10.2. The SMILES string of the molecule is CCOC(=O)N1CCN(c2cc(C(=O)Nc3ccc(OC)cc3)ccn2)CC1. The summed E-state index contributed by atoms with van der Waals surface area (Å²) in [5.74, 6) is 1.23. The maximum Gasteiger partial charge on any atom is 0.409 e. The van der Waals surface area contributed by atoms with E-state index in [2.05, 4.69) is 15.2 Å². The highest BCUT2D eigenvalue weighted by Crippen LogP contribution is 2.18. The number of amides is 2. The number of anilines is 2. The molecule has 2 amide bonds. The summed E-state index contributed by atoms with van der Waals surface area (Å²) in [6.07, 6.45) is 1.33. The van der Waals surface area contributed by atoms with Gasteiger partial charge in [-0.15, -0.1) is 0 Å². The first-order valence-electron chi connectivity index (χ1n) is 9.19. The van der Waals surface area contributed by atoms with Gasteiger partial charge in [-0.3, -0.25) is 4.79 Å². The van der Waals surface area contributed by atoms with E-state index in [1.54, 1.807) is 61.5 Å². The smallest absolute Gasteiger partial charge is 0.409 e. The van der Waals surface area contributed by atoms with Crippen molar-refractivity contribution in [3.8, 4) is 5.75 Å². The molecular weight excluding hydrogens is 360 g/mol. The predicted octanol–water partition coefficient (Wildman–Crippen LogP) is 2.62. The van der Waals surface area contributed by atoms with Crippen molar-refractivity contribution in [3.05, 3.63) is 48.2 Å². The number of nitrogens with one attached hydrogen (secondary N) is 1. The van der Waals surface area contributed by atoms with Gasteiger partial charge in [0.15, 0.2) is 0 Å². The van der Waals surface area contributed by atoms with E-state index in [0.29, 0.717) is 49.9 Å². The highest BCUT2D eigenvalue weighted by atomic mass is 16.6. The van der Waals surface area contributed by atoms with E-state index in [1.165, 1.54) is 0 Å². The number of benzene rings is 1. The third-order valence-electron chi connectivity index (χ3n) is 4.49. The van der Waals surface area contributed by atoms with Crippen molar-refractivity contribution in [1.82, 2.24) is 9.88 Å². The lowest BCUT2D eigenvalue weighted by molar-refractivity contribution is 0.102. The minimum absolute atomic E-state index is 0.209. The Bertz CT molecular complexity index is 817. The van der Waals surface area contributed by atoms with Gasteiger partial charge in [0.1, 0.15) is 11.6 Å². The number of hydrogen-bond acceptors (Lipinski definition) is 6. The molecule has 0 radical (unpaired) electrons. The molecule has 1 fully saturated rings. The first-order valence-corrected chi connectivity index (χ1v) is 9.19. The highest BCUT2D eigenvalue weighted by Gasteiger charge is 2.23. The van der Waals surface area contributed by atoms with Gasteiger partial charge in [-0.25, -0.2) is 9.78 Å².